The summed E-state index contributed by atoms with van der Waals surface area (Å²) in [4.78, 5) is 16.6. The summed E-state index contributed by atoms with van der Waals surface area (Å²) in [7, 11) is 0. The Hall–Kier alpha value is -1.58. The summed E-state index contributed by atoms with van der Waals surface area (Å²) >= 11 is 0. The summed E-state index contributed by atoms with van der Waals surface area (Å²) < 4.78 is 0. The van der Waals surface area contributed by atoms with Gasteiger partial charge in [0.25, 0.3) is 0 Å². The van der Waals surface area contributed by atoms with Crippen LogP contribution in [0.25, 0.3) is 0 Å². The molecule has 0 spiro atoms. The summed E-state index contributed by atoms with van der Waals surface area (Å²) in [6, 6.07) is 3.79. The molecule has 1 N–H and O–H groups in total. The first kappa shape index (κ1) is 9.96. The monoisotopic (exact) mass is 206 g/mol. The molecule has 1 aliphatic rings. The zero-order valence-electron chi connectivity index (χ0n) is 8.47. The molecule has 0 aromatic carbocycles. The number of hydrogen-bond acceptors (Lipinski definition) is 2. The van der Waals surface area contributed by atoms with Gasteiger partial charge in [0.15, 0.2) is 0 Å². The molecule has 1 aromatic heterocycles. The van der Waals surface area contributed by atoms with E-state index >= 15 is 0 Å². The van der Waals surface area contributed by atoms with Crippen LogP contribution in [0.5, 0.6) is 0 Å². The fourth-order valence-corrected chi connectivity index (χ4v) is 2.08. The van der Waals surface area contributed by atoms with Crippen LogP contribution < -0.4 is 0 Å². The first-order chi connectivity index (χ1) is 7.29. The van der Waals surface area contributed by atoms with E-state index in [0.29, 0.717) is 6.54 Å². The van der Waals surface area contributed by atoms with Crippen molar-refractivity contribution in [2.24, 2.45) is 0 Å². The Kier molecular flexibility index (Phi) is 2.85. The lowest BCUT2D eigenvalue weighted by Gasteiger charge is -2.33. The van der Waals surface area contributed by atoms with E-state index in [0.717, 1.165) is 24.8 Å². The predicted molar refractivity (Wildman–Crippen MR) is 55.6 cm³/mol. The minimum absolute atomic E-state index is 0.00931. The number of rotatable bonds is 1. The van der Waals surface area contributed by atoms with Crippen LogP contribution in [-0.4, -0.2) is 27.6 Å². The molecule has 1 aromatic rings. The van der Waals surface area contributed by atoms with Crippen LogP contribution in [0.1, 0.15) is 30.9 Å². The zero-order valence-corrected chi connectivity index (χ0v) is 8.47. The summed E-state index contributed by atoms with van der Waals surface area (Å²) in [5.74, 6) is 0. The van der Waals surface area contributed by atoms with Crippen LogP contribution in [-0.2, 0) is 0 Å². The minimum Gasteiger partial charge on any atom is -0.465 e. The van der Waals surface area contributed by atoms with Gasteiger partial charge in [-0.3, -0.25) is 4.98 Å². The van der Waals surface area contributed by atoms with E-state index in [4.69, 9.17) is 5.11 Å². The van der Waals surface area contributed by atoms with E-state index in [1.807, 2.05) is 12.1 Å². The van der Waals surface area contributed by atoms with Crippen molar-refractivity contribution in [3.8, 4) is 0 Å². The molecule has 15 heavy (non-hydrogen) atoms. The van der Waals surface area contributed by atoms with E-state index in [2.05, 4.69) is 4.98 Å². The summed E-state index contributed by atoms with van der Waals surface area (Å²) in [5.41, 5.74) is 1.000. The highest BCUT2D eigenvalue weighted by Crippen LogP contribution is 2.30. The maximum Gasteiger partial charge on any atom is 0.407 e. The lowest BCUT2D eigenvalue weighted by molar-refractivity contribution is 0.106. The quantitative estimate of drug-likeness (QED) is 0.767. The highest BCUT2D eigenvalue weighted by Gasteiger charge is 2.27. The number of hydrogen-bond donors (Lipinski definition) is 1. The average Bonchev–Trinajstić information content (AvgIpc) is 2.30. The Morgan fingerprint density at radius 2 is 2.40 bits per heavy atom. The van der Waals surface area contributed by atoms with Crippen molar-refractivity contribution in [1.82, 2.24) is 9.88 Å². The fraction of sp³-hybridized carbons (Fsp3) is 0.455. The Balaban J connectivity index is 2.22. The summed E-state index contributed by atoms with van der Waals surface area (Å²) in [6.07, 6.45) is 5.58. The number of aromatic nitrogens is 1. The van der Waals surface area contributed by atoms with E-state index in [-0.39, 0.29) is 6.04 Å². The van der Waals surface area contributed by atoms with Gasteiger partial charge in [-0.25, -0.2) is 4.79 Å². The van der Waals surface area contributed by atoms with Gasteiger partial charge in [-0.2, -0.15) is 0 Å². The highest BCUT2D eigenvalue weighted by molar-refractivity contribution is 5.65. The van der Waals surface area contributed by atoms with Crippen molar-refractivity contribution in [3.63, 3.8) is 0 Å². The second-order valence-electron chi connectivity index (χ2n) is 3.77. The molecule has 1 aliphatic heterocycles. The Bertz CT molecular complexity index is 340. The van der Waals surface area contributed by atoms with Crippen LogP contribution in [0, 0.1) is 0 Å². The van der Waals surface area contributed by atoms with Crippen LogP contribution in [0.15, 0.2) is 24.5 Å². The van der Waals surface area contributed by atoms with Gasteiger partial charge in [-0.05, 0) is 30.9 Å². The van der Waals surface area contributed by atoms with E-state index in [1.54, 1.807) is 12.4 Å². The van der Waals surface area contributed by atoms with Crippen molar-refractivity contribution in [2.75, 3.05) is 6.54 Å². The lowest BCUT2D eigenvalue weighted by Crippen LogP contribution is -2.37. The number of piperidine rings is 1. The standard InChI is InChI=1S/C11H14N2O2/c14-11(15)13-7-2-1-5-10(13)9-4-3-6-12-8-9/h3-4,6,8,10H,1-2,5,7H2,(H,14,15). The smallest absolute Gasteiger partial charge is 0.407 e. The predicted octanol–water partition coefficient (Wildman–Crippen LogP) is 2.29. The number of nitrogens with zero attached hydrogens (tertiary/aromatic N) is 2. The molecular weight excluding hydrogens is 192 g/mol. The van der Waals surface area contributed by atoms with Crippen LogP contribution in [0.2, 0.25) is 0 Å². The van der Waals surface area contributed by atoms with Gasteiger partial charge in [-0.15, -0.1) is 0 Å². The fourth-order valence-electron chi connectivity index (χ4n) is 2.08. The molecule has 1 saturated heterocycles. The van der Waals surface area contributed by atoms with Gasteiger partial charge in [0.1, 0.15) is 0 Å². The molecule has 1 atom stereocenters. The molecule has 0 saturated carbocycles. The Labute approximate surface area is 88.6 Å². The molecule has 4 nitrogen and oxygen atoms in total. The lowest BCUT2D eigenvalue weighted by atomic mass is 9.97. The largest absolute Gasteiger partial charge is 0.465 e. The summed E-state index contributed by atoms with van der Waals surface area (Å²) in [5, 5.41) is 9.08. The molecule has 0 radical (unpaired) electrons. The average molecular weight is 206 g/mol. The molecule has 0 bridgehead atoms. The van der Waals surface area contributed by atoms with Crippen molar-refractivity contribution in [3.05, 3.63) is 30.1 Å². The highest BCUT2D eigenvalue weighted by atomic mass is 16.4. The maximum absolute atomic E-state index is 11.0. The minimum atomic E-state index is -0.830. The van der Waals surface area contributed by atoms with E-state index in [9.17, 15) is 4.79 Å². The molecule has 1 fully saturated rings. The number of pyridine rings is 1. The van der Waals surface area contributed by atoms with Gasteiger partial charge >= 0.3 is 6.09 Å². The van der Waals surface area contributed by atoms with Crippen LogP contribution in [0.4, 0.5) is 4.79 Å². The summed E-state index contributed by atoms with van der Waals surface area (Å²) in [6.45, 7) is 0.634. The van der Waals surface area contributed by atoms with Gasteiger partial charge in [-0.1, -0.05) is 6.07 Å². The Morgan fingerprint density at radius 3 is 3.07 bits per heavy atom. The van der Waals surface area contributed by atoms with Crippen molar-refractivity contribution >= 4 is 6.09 Å². The van der Waals surface area contributed by atoms with Crippen LogP contribution in [0.3, 0.4) is 0 Å². The number of amides is 1. The molecule has 2 rings (SSSR count). The normalized spacial score (nSPS) is 21.3. The molecular formula is C11H14N2O2. The molecule has 1 amide bonds. The van der Waals surface area contributed by atoms with Gasteiger partial charge in [0.05, 0.1) is 6.04 Å². The van der Waals surface area contributed by atoms with Gasteiger partial charge in [0, 0.05) is 18.9 Å². The molecule has 0 aliphatic carbocycles. The Morgan fingerprint density at radius 1 is 1.53 bits per heavy atom. The second-order valence-corrected chi connectivity index (χ2v) is 3.77. The van der Waals surface area contributed by atoms with Crippen LogP contribution >= 0.6 is 0 Å². The zero-order chi connectivity index (χ0) is 10.7. The maximum atomic E-state index is 11.0. The molecule has 4 heteroatoms. The third-order valence-corrected chi connectivity index (χ3v) is 2.82. The molecule has 80 valence electrons. The molecule has 1 unspecified atom stereocenters. The first-order valence-electron chi connectivity index (χ1n) is 5.18. The van der Waals surface area contributed by atoms with E-state index in [1.165, 1.54) is 4.90 Å². The van der Waals surface area contributed by atoms with Crippen molar-refractivity contribution in [1.29, 1.82) is 0 Å². The second kappa shape index (κ2) is 4.29. The van der Waals surface area contributed by atoms with E-state index < -0.39 is 6.09 Å². The number of likely N-dealkylation sites (tertiary alicyclic amines) is 1. The van der Waals surface area contributed by atoms with Crippen molar-refractivity contribution < 1.29 is 9.90 Å². The third kappa shape index (κ3) is 2.09. The third-order valence-electron chi connectivity index (χ3n) is 2.82. The number of carbonyl (C=O) groups is 1. The van der Waals surface area contributed by atoms with Crippen molar-refractivity contribution in [2.45, 2.75) is 25.3 Å². The first-order valence-corrected chi connectivity index (χ1v) is 5.18. The topological polar surface area (TPSA) is 53.4 Å². The van der Waals surface area contributed by atoms with Gasteiger partial charge in [0.2, 0.25) is 0 Å². The number of carboxylic acid groups (broad SMARTS) is 1. The van der Waals surface area contributed by atoms with Gasteiger partial charge < -0.3 is 10.0 Å². The SMILES string of the molecule is O=C(O)N1CCCCC1c1cccnc1. The molecule has 2 heterocycles.